The van der Waals surface area contributed by atoms with Gasteiger partial charge >= 0.3 is 17.6 Å². The molecule has 16 heavy (non-hydrogen) atoms. The Hall–Kier alpha value is -1.14. The van der Waals surface area contributed by atoms with E-state index in [1.165, 1.54) is 12.1 Å². The topological polar surface area (TPSA) is 74.6 Å². The molecule has 1 aromatic rings. The first kappa shape index (κ1) is 14.9. The van der Waals surface area contributed by atoms with Crippen LogP contribution in [0.15, 0.2) is 30.3 Å². The van der Waals surface area contributed by atoms with Gasteiger partial charge in [0.1, 0.15) is 0 Å². The molecule has 82 valence electrons. The molecule has 1 aromatic carbocycles. The van der Waals surface area contributed by atoms with E-state index in [1.807, 2.05) is 0 Å². The van der Waals surface area contributed by atoms with Crippen molar-refractivity contribution in [1.82, 2.24) is 0 Å². The van der Waals surface area contributed by atoms with Crippen LogP contribution in [-0.2, 0) is 16.0 Å². The molecule has 2 radical (unpaired) electrons. The first-order valence-corrected chi connectivity index (χ1v) is 4.16. The molecule has 0 unspecified atom stereocenters. The third-order valence-corrected chi connectivity index (χ3v) is 1.97. The van der Waals surface area contributed by atoms with E-state index in [1.54, 1.807) is 18.2 Å². The highest BCUT2D eigenvalue weighted by Gasteiger charge is 2.47. The van der Waals surface area contributed by atoms with E-state index in [0.29, 0.717) is 5.56 Å². The number of hydrogen-bond donors (Lipinski definition) is 2. The minimum absolute atomic E-state index is 0. The van der Waals surface area contributed by atoms with Gasteiger partial charge in [0, 0.05) is 29.5 Å². The zero-order valence-corrected chi connectivity index (χ0v) is 9.80. The van der Waals surface area contributed by atoms with Crippen LogP contribution in [0.4, 0.5) is 4.39 Å². The van der Waals surface area contributed by atoms with Gasteiger partial charge in [-0.15, -0.1) is 0 Å². The van der Waals surface area contributed by atoms with E-state index in [4.69, 9.17) is 10.2 Å². The van der Waals surface area contributed by atoms with Crippen molar-refractivity contribution in [3.05, 3.63) is 35.9 Å². The van der Waals surface area contributed by atoms with Crippen LogP contribution in [0.1, 0.15) is 5.56 Å². The number of carboxylic acid groups (broad SMARTS) is 2. The van der Waals surface area contributed by atoms with Gasteiger partial charge in [-0.05, 0) is 5.56 Å². The lowest BCUT2D eigenvalue weighted by atomic mass is 9.96. The maximum absolute atomic E-state index is 13.5. The Morgan fingerprint density at radius 3 is 1.94 bits per heavy atom. The zero-order chi connectivity index (χ0) is 11.5. The van der Waals surface area contributed by atoms with Crippen LogP contribution in [0.3, 0.4) is 0 Å². The Bertz CT molecular complexity index is 366. The van der Waals surface area contributed by atoms with Gasteiger partial charge in [0.05, 0.1) is 0 Å². The smallest absolute Gasteiger partial charge is 0.353 e. The molecule has 0 bridgehead atoms. The van der Waals surface area contributed by atoms with Crippen LogP contribution in [0.5, 0.6) is 0 Å². The van der Waals surface area contributed by atoms with Crippen molar-refractivity contribution in [2.24, 2.45) is 0 Å². The molecular formula is C10H9FMgO4. The Labute approximate surface area is 107 Å². The van der Waals surface area contributed by atoms with E-state index in [9.17, 15) is 14.0 Å². The summed E-state index contributed by atoms with van der Waals surface area (Å²) in [6.45, 7) is 0. The second-order valence-electron chi connectivity index (χ2n) is 3.07. The lowest BCUT2D eigenvalue weighted by Crippen LogP contribution is -2.44. The molecule has 0 atom stereocenters. The van der Waals surface area contributed by atoms with E-state index >= 15 is 0 Å². The molecule has 2 N–H and O–H groups in total. The number of carbonyl (C=O) groups is 2. The lowest BCUT2D eigenvalue weighted by molar-refractivity contribution is -0.166. The highest BCUT2D eigenvalue weighted by atomic mass is 24.3. The molecule has 0 heterocycles. The van der Waals surface area contributed by atoms with Crippen molar-refractivity contribution in [3.63, 3.8) is 0 Å². The number of halogens is 1. The van der Waals surface area contributed by atoms with Gasteiger partial charge in [-0.3, -0.25) is 0 Å². The van der Waals surface area contributed by atoms with Gasteiger partial charge in [-0.25, -0.2) is 14.0 Å². The summed E-state index contributed by atoms with van der Waals surface area (Å²) in [4.78, 5) is 21.0. The van der Waals surface area contributed by atoms with Gasteiger partial charge in [0.15, 0.2) is 0 Å². The minimum Gasteiger partial charge on any atom is -0.478 e. The summed E-state index contributed by atoms with van der Waals surface area (Å²) in [5.74, 6) is -3.97. The number of hydrogen-bond acceptors (Lipinski definition) is 2. The molecule has 0 aliphatic carbocycles. The monoisotopic (exact) mass is 236 g/mol. The number of benzene rings is 1. The summed E-state index contributed by atoms with van der Waals surface area (Å²) >= 11 is 0. The Balaban J connectivity index is 0.00000225. The fourth-order valence-corrected chi connectivity index (χ4v) is 1.12. The SMILES string of the molecule is O=C(O)C(F)(Cc1ccccc1)C(=O)O.[Mg]. The summed E-state index contributed by atoms with van der Waals surface area (Å²) in [5.41, 5.74) is -2.94. The highest BCUT2D eigenvalue weighted by Crippen LogP contribution is 2.19. The molecule has 6 heteroatoms. The maximum atomic E-state index is 13.5. The Kier molecular flexibility index (Phi) is 5.39. The number of rotatable bonds is 4. The number of aliphatic carboxylic acids is 2. The van der Waals surface area contributed by atoms with Crippen molar-refractivity contribution in [3.8, 4) is 0 Å². The largest absolute Gasteiger partial charge is 0.478 e. The molecule has 0 fully saturated rings. The van der Waals surface area contributed by atoms with Gasteiger partial charge < -0.3 is 10.2 Å². The first-order chi connectivity index (χ1) is 6.97. The van der Waals surface area contributed by atoms with Crippen molar-refractivity contribution >= 4 is 35.0 Å². The summed E-state index contributed by atoms with van der Waals surface area (Å²) in [5, 5.41) is 17.0. The van der Waals surface area contributed by atoms with Gasteiger partial charge in [-0.1, -0.05) is 30.3 Å². The summed E-state index contributed by atoms with van der Waals surface area (Å²) in [7, 11) is 0. The lowest BCUT2D eigenvalue weighted by Gasteiger charge is -2.15. The highest BCUT2D eigenvalue weighted by molar-refractivity contribution is 6.01. The third kappa shape index (κ3) is 3.18. The van der Waals surface area contributed by atoms with Crippen LogP contribution in [0.2, 0.25) is 0 Å². The van der Waals surface area contributed by atoms with Crippen LogP contribution >= 0.6 is 0 Å². The number of carboxylic acids is 2. The molecule has 0 saturated heterocycles. The van der Waals surface area contributed by atoms with E-state index in [0.717, 1.165) is 0 Å². The molecule has 0 aliphatic heterocycles. The van der Waals surface area contributed by atoms with Crippen LogP contribution in [-0.4, -0.2) is 50.9 Å². The first-order valence-electron chi connectivity index (χ1n) is 4.16. The van der Waals surface area contributed by atoms with Crippen molar-refractivity contribution in [2.75, 3.05) is 0 Å². The van der Waals surface area contributed by atoms with Gasteiger partial charge in [-0.2, -0.15) is 0 Å². The van der Waals surface area contributed by atoms with Gasteiger partial charge in [0.25, 0.3) is 0 Å². The second kappa shape index (κ2) is 5.81. The summed E-state index contributed by atoms with van der Waals surface area (Å²) in [6, 6.07) is 7.78. The van der Waals surface area contributed by atoms with E-state index < -0.39 is 24.0 Å². The quantitative estimate of drug-likeness (QED) is 0.597. The molecule has 0 saturated carbocycles. The van der Waals surface area contributed by atoms with Gasteiger partial charge in [0.2, 0.25) is 0 Å². The Morgan fingerprint density at radius 2 is 1.56 bits per heavy atom. The molecule has 0 aromatic heterocycles. The molecule has 0 amide bonds. The van der Waals surface area contributed by atoms with Crippen LogP contribution in [0.25, 0.3) is 0 Å². The van der Waals surface area contributed by atoms with Crippen molar-refractivity contribution in [1.29, 1.82) is 0 Å². The number of alkyl halides is 1. The third-order valence-electron chi connectivity index (χ3n) is 1.97. The summed E-state index contributed by atoms with van der Waals surface area (Å²) in [6.07, 6.45) is -0.682. The van der Waals surface area contributed by atoms with Crippen LogP contribution in [0, 0.1) is 0 Å². The average molecular weight is 236 g/mol. The average Bonchev–Trinajstić information content (AvgIpc) is 2.18. The minimum atomic E-state index is -3.26. The van der Waals surface area contributed by atoms with E-state index in [-0.39, 0.29) is 23.1 Å². The molecule has 4 nitrogen and oxygen atoms in total. The second-order valence-corrected chi connectivity index (χ2v) is 3.07. The predicted octanol–water partition coefficient (Wildman–Crippen LogP) is 0.726. The van der Waals surface area contributed by atoms with Crippen molar-refractivity contribution < 1.29 is 24.2 Å². The normalized spacial score (nSPS) is 10.3. The Morgan fingerprint density at radius 1 is 1.12 bits per heavy atom. The maximum Gasteiger partial charge on any atom is 0.353 e. The van der Waals surface area contributed by atoms with Crippen LogP contribution < -0.4 is 0 Å². The fraction of sp³-hybridized carbons (Fsp3) is 0.200. The van der Waals surface area contributed by atoms with E-state index in [2.05, 4.69) is 0 Å². The molecule has 0 aliphatic rings. The molecule has 0 spiro atoms. The van der Waals surface area contributed by atoms with Crippen molar-refractivity contribution in [2.45, 2.75) is 12.1 Å². The predicted molar refractivity (Wildman–Crippen MR) is 55.0 cm³/mol. The summed E-state index contributed by atoms with van der Waals surface area (Å²) < 4.78 is 13.5. The standard InChI is InChI=1S/C10H9FO4.Mg/c11-10(8(12)13,9(14)15)6-7-4-2-1-3-5-7;/h1-5H,6H2,(H,12,13)(H,14,15);. The zero-order valence-electron chi connectivity index (χ0n) is 8.39. The fourth-order valence-electron chi connectivity index (χ4n) is 1.12. The molecule has 1 rings (SSSR count). The molecular weight excluding hydrogens is 227 g/mol.